The summed E-state index contributed by atoms with van der Waals surface area (Å²) in [7, 11) is 0. The molecule has 1 aromatic carbocycles. The normalized spacial score (nSPS) is 16.4. The molecule has 0 bridgehead atoms. The SMILES string of the molecule is CC(C)c1cnn2c(NCc3cc(F)ccc3-n3cccn3)nc(OC3CCCNC3)nc12. The van der Waals surface area contributed by atoms with Gasteiger partial charge in [0.2, 0.25) is 5.95 Å². The predicted octanol–water partition coefficient (Wildman–Crippen LogP) is 3.32. The third-order valence-corrected chi connectivity index (χ3v) is 5.75. The molecule has 1 aliphatic rings. The molecule has 1 aliphatic heterocycles. The lowest BCUT2D eigenvalue weighted by Crippen LogP contribution is -2.37. The van der Waals surface area contributed by atoms with Gasteiger partial charge in [-0.05, 0) is 55.1 Å². The summed E-state index contributed by atoms with van der Waals surface area (Å²) in [4.78, 5) is 9.27. The van der Waals surface area contributed by atoms with E-state index in [1.54, 1.807) is 21.5 Å². The number of ether oxygens (including phenoxy) is 1. The van der Waals surface area contributed by atoms with Crippen LogP contribution < -0.4 is 15.4 Å². The van der Waals surface area contributed by atoms with Gasteiger partial charge in [0.1, 0.15) is 11.9 Å². The van der Waals surface area contributed by atoms with Gasteiger partial charge in [0.05, 0.1) is 11.9 Å². The van der Waals surface area contributed by atoms with Gasteiger partial charge in [0.25, 0.3) is 0 Å². The first-order chi connectivity index (χ1) is 16.1. The molecule has 1 unspecified atom stereocenters. The fourth-order valence-electron chi connectivity index (χ4n) is 4.02. The molecule has 3 aromatic heterocycles. The summed E-state index contributed by atoms with van der Waals surface area (Å²) in [6.45, 7) is 6.28. The van der Waals surface area contributed by atoms with Crippen LogP contribution in [0.2, 0.25) is 0 Å². The molecule has 4 aromatic rings. The van der Waals surface area contributed by atoms with Gasteiger partial charge in [-0.15, -0.1) is 0 Å². The molecule has 1 fully saturated rings. The third-order valence-electron chi connectivity index (χ3n) is 5.75. The number of aromatic nitrogens is 6. The van der Waals surface area contributed by atoms with Crippen molar-refractivity contribution in [2.75, 3.05) is 18.4 Å². The second-order valence-corrected chi connectivity index (χ2v) is 8.48. The van der Waals surface area contributed by atoms with Crippen LogP contribution in [0.1, 0.15) is 43.7 Å². The zero-order valence-corrected chi connectivity index (χ0v) is 18.7. The molecule has 2 N–H and O–H groups in total. The van der Waals surface area contributed by atoms with Crippen molar-refractivity contribution < 1.29 is 9.13 Å². The zero-order valence-electron chi connectivity index (χ0n) is 18.7. The summed E-state index contributed by atoms with van der Waals surface area (Å²) in [6.07, 6.45) is 7.36. The van der Waals surface area contributed by atoms with Crippen molar-refractivity contribution in [1.82, 2.24) is 34.7 Å². The molecule has 1 atom stereocenters. The van der Waals surface area contributed by atoms with Gasteiger partial charge in [-0.2, -0.15) is 24.7 Å². The molecule has 172 valence electrons. The Balaban J connectivity index is 1.48. The second kappa shape index (κ2) is 9.14. The largest absolute Gasteiger partial charge is 0.459 e. The van der Waals surface area contributed by atoms with E-state index in [9.17, 15) is 4.39 Å². The van der Waals surface area contributed by atoms with Crippen LogP contribution in [0.4, 0.5) is 10.3 Å². The minimum Gasteiger partial charge on any atom is -0.459 e. The van der Waals surface area contributed by atoms with E-state index >= 15 is 0 Å². The van der Waals surface area contributed by atoms with E-state index in [2.05, 4.69) is 44.6 Å². The molecule has 1 saturated heterocycles. The zero-order chi connectivity index (χ0) is 22.8. The maximum atomic E-state index is 14.1. The lowest BCUT2D eigenvalue weighted by atomic mass is 10.1. The first-order valence-corrected chi connectivity index (χ1v) is 11.2. The fourth-order valence-corrected chi connectivity index (χ4v) is 4.02. The van der Waals surface area contributed by atoms with Crippen LogP contribution in [0.3, 0.4) is 0 Å². The van der Waals surface area contributed by atoms with Crippen LogP contribution in [0.15, 0.2) is 42.9 Å². The highest BCUT2D eigenvalue weighted by Gasteiger charge is 2.20. The van der Waals surface area contributed by atoms with Gasteiger partial charge >= 0.3 is 6.01 Å². The van der Waals surface area contributed by atoms with Crippen LogP contribution in [0.25, 0.3) is 11.3 Å². The van der Waals surface area contributed by atoms with Gasteiger partial charge in [-0.1, -0.05) is 13.8 Å². The average Bonchev–Trinajstić information content (AvgIpc) is 3.48. The summed E-state index contributed by atoms with van der Waals surface area (Å²) in [5.41, 5.74) is 3.23. The van der Waals surface area contributed by atoms with Crippen LogP contribution in [0.5, 0.6) is 6.01 Å². The molecule has 0 aliphatic carbocycles. The van der Waals surface area contributed by atoms with E-state index in [1.807, 2.05) is 18.5 Å². The predicted molar refractivity (Wildman–Crippen MR) is 122 cm³/mol. The van der Waals surface area contributed by atoms with Crippen molar-refractivity contribution in [3.8, 4) is 11.7 Å². The highest BCUT2D eigenvalue weighted by molar-refractivity contribution is 5.53. The Morgan fingerprint density at radius 3 is 2.94 bits per heavy atom. The first-order valence-electron chi connectivity index (χ1n) is 11.2. The first kappa shape index (κ1) is 21.3. The monoisotopic (exact) mass is 450 g/mol. The van der Waals surface area contributed by atoms with E-state index in [1.165, 1.54) is 12.1 Å². The summed E-state index contributed by atoms with van der Waals surface area (Å²) in [5.74, 6) is 0.413. The average molecular weight is 451 g/mol. The van der Waals surface area contributed by atoms with Gasteiger partial charge in [0.15, 0.2) is 5.65 Å². The lowest BCUT2D eigenvalue weighted by molar-refractivity contribution is 0.153. The number of fused-ring (bicyclic) bond motifs is 1. The number of nitrogens with zero attached hydrogens (tertiary/aromatic N) is 6. The standard InChI is InChI=1S/C23H27FN8O/c1-15(2)19-14-28-32-21(19)29-23(33-18-5-3-8-25-13-18)30-22(32)26-12-16-11-17(24)6-7-20(16)31-10-4-9-27-31/h4,6-7,9-11,14-15,18,25H,3,5,8,12-13H2,1-2H3,(H,26,29,30). The Morgan fingerprint density at radius 1 is 1.27 bits per heavy atom. The Hall–Kier alpha value is -3.53. The van der Waals surface area contributed by atoms with E-state index in [4.69, 9.17) is 4.74 Å². The Labute approximate surface area is 191 Å². The van der Waals surface area contributed by atoms with Crippen molar-refractivity contribution in [3.63, 3.8) is 0 Å². The topological polar surface area (TPSA) is 94.2 Å². The van der Waals surface area contributed by atoms with Gasteiger partial charge in [-0.3, -0.25) is 0 Å². The van der Waals surface area contributed by atoms with Gasteiger partial charge < -0.3 is 15.4 Å². The highest BCUT2D eigenvalue weighted by atomic mass is 19.1. The molecule has 5 rings (SSSR count). The molecule has 0 saturated carbocycles. The Kier molecular flexibility index (Phi) is 5.91. The molecule has 0 spiro atoms. The number of piperidine rings is 1. The van der Waals surface area contributed by atoms with E-state index in [-0.39, 0.29) is 17.8 Å². The number of hydrogen-bond acceptors (Lipinski definition) is 7. The summed E-state index contributed by atoms with van der Waals surface area (Å²) in [5, 5.41) is 15.4. The Morgan fingerprint density at radius 2 is 2.18 bits per heavy atom. The number of halogens is 1. The van der Waals surface area contributed by atoms with Crippen molar-refractivity contribution in [2.45, 2.75) is 45.3 Å². The molecule has 10 heteroatoms. The number of rotatable bonds is 7. The van der Waals surface area contributed by atoms with Gasteiger partial charge in [0, 0.05) is 31.0 Å². The molecule has 33 heavy (non-hydrogen) atoms. The number of anilines is 1. The van der Waals surface area contributed by atoms with Crippen LogP contribution in [-0.2, 0) is 6.54 Å². The smallest absolute Gasteiger partial charge is 0.322 e. The minimum atomic E-state index is -0.314. The molecular weight excluding hydrogens is 423 g/mol. The van der Waals surface area contributed by atoms with Crippen molar-refractivity contribution in [1.29, 1.82) is 0 Å². The van der Waals surface area contributed by atoms with Crippen LogP contribution in [0, 0.1) is 5.82 Å². The van der Waals surface area contributed by atoms with E-state index in [0.29, 0.717) is 24.2 Å². The number of nitrogens with one attached hydrogen (secondary N) is 2. The number of hydrogen-bond donors (Lipinski definition) is 2. The third kappa shape index (κ3) is 4.51. The molecule has 4 heterocycles. The van der Waals surface area contributed by atoms with Gasteiger partial charge in [-0.25, -0.2) is 9.07 Å². The second-order valence-electron chi connectivity index (χ2n) is 8.48. The van der Waals surface area contributed by atoms with Crippen molar-refractivity contribution in [3.05, 3.63) is 59.8 Å². The summed E-state index contributed by atoms with van der Waals surface area (Å²) < 4.78 is 23.6. The van der Waals surface area contributed by atoms with Crippen molar-refractivity contribution >= 4 is 11.6 Å². The fraction of sp³-hybridized carbons (Fsp3) is 0.391. The van der Waals surface area contributed by atoms with E-state index in [0.717, 1.165) is 42.7 Å². The highest BCUT2D eigenvalue weighted by Crippen LogP contribution is 2.24. The summed E-state index contributed by atoms with van der Waals surface area (Å²) in [6, 6.07) is 6.78. The molecule has 0 radical (unpaired) electrons. The molecular formula is C23H27FN8O. The number of benzene rings is 1. The Bertz CT molecular complexity index is 1230. The quantitative estimate of drug-likeness (QED) is 0.446. The van der Waals surface area contributed by atoms with Crippen molar-refractivity contribution in [2.24, 2.45) is 0 Å². The molecule has 0 amide bonds. The lowest BCUT2D eigenvalue weighted by Gasteiger charge is -2.23. The maximum Gasteiger partial charge on any atom is 0.322 e. The molecule has 9 nitrogen and oxygen atoms in total. The summed E-state index contributed by atoms with van der Waals surface area (Å²) >= 11 is 0. The van der Waals surface area contributed by atoms with Crippen LogP contribution >= 0.6 is 0 Å². The minimum absolute atomic E-state index is 0.0223. The van der Waals surface area contributed by atoms with E-state index < -0.39 is 0 Å². The van der Waals surface area contributed by atoms with Crippen LogP contribution in [-0.4, -0.2) is 48.6 Å². The maximum absolute atomic E-state index is 14.1.